The molecule has 0 aromatic heterocycles. The fraction of sp³-hybridized carbons (Fsp3) is 0.667. The molecule has 0 aliphatic carbocycles. The number of anilines is 1. The summed E-state index contributed by atoms with van der Waals surface area (Å²) < 4.78 is 6.74. The molecule has 1 aromatic rings. The van der Waals surface area contributed by atoms with Crippen LogP contribution < -0.4 is 10.6 Å². The molecule has 8 heteroatoms. The van der Waals surface area contributed by atoms with Crippen LogP contribution in [0.3, 0.4) is 0 Å². The van der Waals surface area contributed by atoms with Gasteiger partial charge in [-0.2, -0.15) is 0 Å². The largest absolute Gasteiger partial charge is 0.394 e. The lowest BCUT2D eigenvalue weighted by Gasteiger charge is -2.37. The molecule has 3 fully saturated rings. The molecule has 4 rings (SSSR count). The van der Waals surface area contributed by atoms with Gasteiger partial charge in [-0.25, -0.2) is 0 Å². The number of aryl methyl sites for hydroxylation is 2. The van der Waals surface area contributed by atoms with Gasteiger partial charge in [0.05, 0.1) is 30.1 Å². The molecular weight excluding hydrogens is 446 g/mol. The molecule has 2 unspecified atom stereocenters. The van der Waals surface area contributed by atoms with Crippen molar-refractivity contribution < 1.29 is 24.2 Å². The number of para-hydroxylation sites is 1. The molecule has 192 valence electrons. The molecule has 3 heterocycles. The molecule has 6 atom stereocenters. The van der Waals surface area contributed by atoms with Crippen LogP contribution in [0.25, 0.3) is 0 Å². The lowest BCUT2D eigenvalue weighted by Crippen LogP contribution is -2.56. The van der Waals surface area contributed by atoms with Crippen LogP contribution in [0.2, 0.25) is 0 Å². The topological polar surface area (TPSA) is 108 Å². The first-order valence-corrected chi connectivity index (χ1v) is 13.0. The van der Waals surface area contributed by atoms with E-state index in [9.17, 15) is 19.5 Å². The van der Waals surface area contributed by atoms with Crippen molar-refractivity contribution in [2.45, 2.75) is 90.0 Å². The highest BCUT2D eigenvalue weighted by atomic mass is 16.5. The summed E-state index contributed by atoms with van der Waals surface area (Å²) in [6.45, 7) is 9.98. The van der Waals surface area contributed by atoms with Gasteiger partial charge in [0, 0.05) is 12.2 Å². The SMILES string of the molecule is CCCNC(=O)[C@H]1[C@H]2C(=O)N([C@@H](CC)CO)C(C(=O)Nc3c(C)cccc3C)C23CC[C@]1(CC)O3. The third-order valence-electron chi connectivity index (χ3n) is 8.50. The van der Waals surface area contributed by atoms with Crippen LogP contribution in [0.4, 0.5) is 5.69 Å². The van der Waals surface area contributed by atoms with E-state index in [2.05, 4.69) is 10.6 Å². The summed E-state index contributed by atoms with van der Waals surface area (Å²) in [5.74, 6) is -2.17. The third-order valence-corrected chi connectivity index (χ3v) is 8.50. The second-order valence-electron chi connectivity index (χ2n) is 10.4. The number of nitrogens with one attached hydrogen (secondary N) is 2. The van der Waals surface area contributed by atoms with Crippen molar-refractivity contribution in [3.63, 3.8) is 0 Å². The Morgan fingerprint density at radius 1 is 1.17 bits per heavy atom. The summed E-state index contributed by atoms with van der Waals surface area (Å²) in [6, 6.07) is 4.35. The third kappa shape index (κ3) is 3.76. The number of ether oxygens (including phenoxy) is 1. The van der Waals surface area contributed by atoms with E-state index in [-0.39, 0.29) is 24.3 Å². The van der Waals surface area contributed by atoms with E-state index < -0.39 is 35.1 Å². The maximum absolute atomic E-state index is 14.1. The van der Waals surface area contributed by atoms with Crippen LogP contribution in [-0.2, 0) is 19.1 Å². The van der Waals surface area contributed by atoms with Crippen LogP contribution in [0.1, 0.15) is 64.0 Å². The number of fused-ring (bicyclic) bond motifs is 1. The van der Waals surface area contributed by atoms with Crippen molar-refractivity contribution >= 4 is 23.4 Å². The fourth-order valence-electron chi connectivity index (χ4n) is 6.72. The molecule has 2 bridgehead atoms. The number of nitrogens with zero attached hydrogens (tertiary/aromatic N) is 1. The normalized spacial score (nSPS) is 32.0. The lowest BCUT2D eigenvalue weighted by atomic mass is 9.65. The van der Waals surface area contributed by atoms with Crippen LogP contribution >= 0.6 is 0 Å². The zero-order valence-electron chi connectivity index (χ0n) is 21.5. The molecule has 1 aromatic carbocycles. The monoisotopic (exact) mass is 485 g/mol. The van der Waals surface area contributed by atoms with E-state index in [1.54, 1.807) is 0 Å². The Bertz CT molecular complexity index is 988. The number of carbonyl (C=O) groups excluding carboxylic acids is 3. The zero-order chi connectivity index (χ0) is 25.5. The Kier molecular flexibility index (Phi) is 6.99. The van der Waals surface area contributed by atoms with E-state index >= 15 is 0 Å². The summed E-state index contributed by atoms with van der Waals surface area (Å²) in [7, 11) is 0. The average molecular weight is 486 g/mol. The molecular formula is C27H39N3O5. The lowest BCUT2D eigenvalue weighted by molar-refractivity contribution is -0.149. The Morgan fingerprint density at radius 3 is 2.43 bits per heavy atom. The first kappa shape index (κ1) is 25.6. The van der Waals surface area contributed by atoms with E-state index in [0.717, 1.165) is 23.2 Å². The number of benzene rings is 1. The van der Waals surface area contributed by atoms with E-state index in [1.165, 1.54) is 4.90 Å². The highest BCUT2D eigenvalue weighted by Crippen LogP contribution is 2.64. The minimum absolute atomic E-state index is 0.179. The highest BCUT2D eigenvalue weighted by Gasteiger charge is 2.79. The first-order chi connectivity index (χ1) is 16.7. The summed E-state index contributed by atoms with van der Waals surface area (Å²) in [6.07, 6.45) is 3.01. The van der Waals surface area contributed by atoms with Gasteiger partial charge in [-0.05, 0) is 57.1 Å². The summed E-state index contributed by atoms with van der Waals surface area (Å²) in [5.41, 5.74) is 0.719. The van der Waals surface area contributed by atoms with Crippen molar-refractivity contribution in [3.8, 4) is 0 Å². The van der Waals surface area contributed by atoms with Gasteiger partial charge < -0.3 is 25.4 Å². The van der Waals surface area contributed by atoms with Crippen molar-refractivity contribution in [3.05, 3.63) is 29.3 Å². The van der Waals surface area contributed by atoms with Crippen molar-refractivity contribution in [2.24, 2.45) is 11.8 Å². The summed E-state index contributed by atoms with van der Waals surface area (Å²) >= 11 is 0. The van der Waals surface area contributed by atoms with Gasteiger partial charge in [0.25, 0.3) is 0 Å². The van der Waals surface area contributed by atoms with Crippen molar-refractivity contribution in [1.29, 1.82) is 0 Å². The van der Waals surface area contributed by atoms with E-state index in [0.29, 0.717) is 32.2 Å². The Balaban J connectivity index is 1.79. The standard InChI is InChI=1S/C27H39N3O5/c1-6-14-28-23(32)19-20-25(34)30(18(7-2)15-31)22(27(20)13-12-26(19,8-3)35-27)24(33)29-21-16(4)10-9-11-17(21)5/h9-11,18-20,22,31H,6-8,12-15H2,1-5H3,(H,28,32)(H,29,33)/t18-,19+,20-,22?,26-,27?/m0/s1. The Labute approximate surface area is 207 Å². The molecule has 0 radical (unpaired) electrons. The Hall–Kier alpha value is -2.45. The Morgan fingerprint density at radius 2 is 1.86 bits per heavy atom. The zero-order valence-corrected chi connectivity index (χ0v) is 21.5. The quantitative estimate of drug-likeness (QED) is 0.499. The molecule has 8 nitrogen and oxygen atoms in total. The number of hydrogen-bond acceptors (Lipinski definition) is 5. The summed E-state index contributed by atoms with van der Waals surface area (Å²) in [5, 5.41) is 16.2. The maximum Gasteiger partial charge on any atom is 0.250 e. The highest BCUT2D eigenvalue weighted by molar-refractivity contribution is 6.04. The molecule has 3 saturated heterocycles. The molecule has 3 amide bonds. The van der Waals surface area contributed by atoms with Crippen LogP contribution in [0, 0.1) is 25.7 Å². The van der Waals surface area contributed by atoms with Gasteiger partial charge in [-0.15, -0.1) is 0 Å². The number of amides is 3. The molecule has 0 saturated carbocycles. The molecule has 3 N–H and O–H groups in total. The second-order valence-corrected chi connectivity index (χ2v) is 10.4. The molecule has 3 aliphatic heterocycles. The average Bonchev–Trinajstić information content (AvgIpc) is 3.45. The molecule has 3 aliphatic rings. The van der Waals surface area contributed by atoms with Gasteiger partial charge in [0.15, 0.2) is 0 Å². The van der Waals surface area contributed by atoms with Gasteiger partial charge in [0.1, 0.15) is 11.6 Å². The minimum Gasteiger partial charge on any atom is -0.394 e. The second kappa shape index (κ2) is 9.54. The van der Waals surface area contributed by atoms with Gasteiger partial charge in [-0.1, -0.05) is 39.0 Å². The van der Waals surface area contributed by atoms with E-state index in [1.807, 2.05) is 52.8 Å². The van der Waals surface area contributed by atoms with Gasteiger partial charge in [-0.3, -0.25) is 14.4 Å². The maximum atomic E-state index is 14.1. The number of rotatable bonds is 9. The van der Waals surface area contributed by atoms with Crippen LogP contribution in [-0.4, -0.2) is 64.2 Å². The van der Waals surface area contributed by atoms with Crippen molar-refractivity contribution in [1.82, 2.24) is 10.2 Å². The molecule has 35 heavy (non-hydrogen) atoms. The number of likely N-dealkylation sites (tertiary alicyclic amines) is 1. The molecule has 1 spiro atoms. The van der Waals surface area contributed by atoms with Crippen LogP contribution in [0.5, 0.6) is 0 Å². The number of aliphatic hydroxyl groups is 1. The minimum atomic E-state index is -1.09. The van der Waals surface area contributed by atoms with E-state index in [4.69, 9.17) is 4.74 Å². The van der Waals surface area contributed by atoms with Gasteiger partial charge in [0.2, 0.25) is 17.7 Å². The fourth-order valence-corrected chi connectivity index (χ4v) is 6.72. The van der Waals surface area contributed by atoms with Gasteiger partial charge >= 0.3 is 0 Å². The van der Waals surface area contributed by atoms with Crippen molar-refractivity contribution in [2.75, 3.05) is 18.5 Å². The predicted molar refractivity (Wildman–Crippen MR) is 133 cm³/mol. The summed E-state index contributed by atoms with van der Waals surface area (Å²) in [4.78, 5) is 43.0. The van der Waals surface area contributed by atoms with Crippen LogP contribution in [0.15, 0.2) is 18.2 Å². The number of hydrogen-bond donors (Lipinski definition) is 3. The predicted octanol–water partition coefficient (Wildman–Crippen LogP) is 2.69. The first-order valence-electron chi connectivity index (χ1n) is 13.0. The number of aliphatic hydroxyl groups excluding tert-OH is 1. The number of carbonyl (C=O) groups is 3. The smallest absolute Gasteiger partial charge is 0.250 e.